The van der Waals surface area contributed by atoms with Gasteiger partial charge in [-0.25, -0.2) is 25.1 Å². The topological polar surface area (TPSA) is 80.9 Å². The number of amidine groups is 1. The van der Waals surface area contributed by atoms with Gasteiger partial charge in [0.25, 0.3) is 5.84 Å². The normalized spacial score (nSPS) is 20.8. The molecule has 2 aromatic rings. The molecule has 1 aliphatic rings. The maximum absolute atomic E-state index is 13.6. The van der Waals surface area contributed by atoms with Crippen LogP contribution in [0.3, 0.4) is 0 Å². The van der Waals surface area contributed by atoms with Gasteiger partial charge in [0.1, 0.15) is 0 Å². The van der Waals surface area contributed by atoms with E-state index < -0.39 is 17.7 Å². The predicted octanol–water partition coefficient (Wildman–Crippen LogP) is -0.196. The number of benzene rings is 1. The van der Waals surface area contributed by atoms with Gasteiger partial charge in [0.05, 0.1) is 5.56 Å². The van der Waals surface area contributed by atoms with E-state index in [9.17, 15) is 18.0 Å². The monoisotopic (exact) mass is 322 g/mol. The third-order valence-electron chi connectivity index (χ3n) is 3.24. The average molecular weight is 322 g/mol. The summed E-state index contributed by atoms with van der Waals surface area (Å²) >= 11 is 0. The Balaban J connectivity index is 2.06. The minimum absolute atomic E-state index is 0.0450. The Morgan fingerprint density at radius 3 is 2.35 bits per heavy atom. The Bertz CT molecular complexity index is 748. The fourth-order valence-electron chi connectivity index (χ4n) is 2.12. The van der Waals surface area contributed by atoms with Gasteiger partial charge < -0.3 is 0 Å². The molecule has 23 heavy (non-hydrogen) atoms. The Labute approximate surface area is 128 Å². The molecule has 1 amide bonds. The van der Waals surface area contributed by atoms with E-state index in [0.29, 0.717) is 5.56 Å². The summed E-state index contributed by atoms with van der Waals surface area (Å²) in [5.41, 5.74) is -2.62. The molecule has 0 spiro atoms. The van der Waals surface area contributed by atoms with Crippen LogP contribution in [0.5, 0.6) is 0 Å². The second-order valence-corrected chi connectivity index (χ2v) is 4.77. The summed E-state index contributed by atoms with van der Waals surface area (Å²) in [6, 6.07) is 9.63. The van der Waals surface area contributed by atoms with E-state index in [1.807, 2.05) is 0 Å². The first-order chi connectivity index (χ1) is 10.9. The van der Waals surface area contributed by atoms with Crippen LogP contribution in [0, 0.1) is 0 Å². The maximum Gasteiger partial charge on any atom is 0.465 e. The summed E-state index contributed by atoms with van der Waals surface area (Å²) in [5.74, 6) is -1.64. The van der Waals surface area contributed by atoms with Crippen molar-refractivity contribution < 1.29 is 23.0 Å². The molecule has 1 aromatic carbocycles. The molecule has 1 atom stereocenters. The fourth-order valence-corrected chi connectivity index (χ4v) is 2.12. The standard InChI is InChI=1S/C14H10F3N5O/c15-14(16,17)13(22-12-18-7-4-8-19-12)11(23)20-10(21-13)9-5-2-1-3-6-9/h1-8H,(H,18,19,22)(H,20,21,23)/p+1/t13-/m0/s1. The van der Waals surface area contributed by atoms with E-state index in [1.165, 1.54) is 18.5 Å². The van der Waals surface area contributed by atoms with Crippen LogP contribution in [0.1, 0.15) is 5.56 Å². The van der Waals surface area contributed by atoms with Crippen molar-refractivity contribution in [3.05, 3.63) is 54.4 Å². The lowest BCUT2D eigenvalue weighted by Crippen LogP contribution is -2.94. The molecule has 0 saturated carbocycles. The summed E-state index contributed by atoms with van der Waals surface area (Å²) in [4.78, 5) is 21.7. The summed E-state index contributed by atoms with van der Waals surface area (Å²) in [6.07, 6.45) is -2.38. The van der Waals surface area contributed by atoms with E-state index >= 15 is 0 Å². The average Bonchev–Trinajstić information content (AvgIpc) is 2.87. The van der Waals surface area contributed by atoms with E-state index in [2.05, 4.69) is 25.6 Å². The highest BCUT2D eigenvalue weighted by Crippen LogP contribution is 2.29. The molecule has 0 aliphatic carbocycles. The number of hydrogen-bond donors (Lipinski definition) is 3. The Morgan fingerprint density at radius 2 is 1.74 bits per heavy atom. The van der Waals surface area contributed by atoms with Gasteiger partial charge in [0.15, 0.2) is 0 Å². The SMILES string of the molecule is O=C1NC(c2ccccc2)=[NH+][C@@]1(Nc1ncccn1)C(F)(F)F. The first kappa shape index (κ1) is 14.9. The van der Waals surface area contributed by atoms with Crippen LogP contribution in [-0.4, -0.2) is 33.5 Å². The molecule has 3 rings (SSSR count). The number of hydrogen-bond acceptors (Lipinski definition) is 4. The number of nitrogens with zero attached hydrogens (tertiary/aromatic N) is 2. The number of aromatic nitrogens is 2. The summed E-state index contributed by atoms with van der Waals surface area (Å²) in [6.45, 7) is 0. The van der Waals surface area contributed by atoms with Crippen molar-refractivity contribution in [1.29, 1.82) is 0 Å². The molecule has 1 aliphatic heterocycles. The van der Waals surface area contributed by atoms with Crippen molar-refractivity contribution in [1.82, 2.24) is 15.3 Å². The van der Waals surface area contributed by atoms with Gasteiger partial charge in [0, 0.05) is 12.4 Å². The van der Waals surface area contributed by atoms with Gasteiger partial charge in [0.2, 0.25) is 5.95 Å². The largest absolute Gasteiger partial charge is 0.465 e. The third kappa shape index (κ3) is 2.60. The highest BCUT2D eigenvalue weighted by atomic mass is 19.4. The smallest absolute Gasteiger partial charge is 0.296 e. The molecule has 6 nitrogen and oxygen atoms in total. The van der Waals surface area contributed by atoms with E-state index in [4.69, 9.17) is 0 Å². The van der Waals surface area contributed by atoms with Gasteiger partial charge in [-0.2, -0.15) is 13.2 Å². The van der Waals surface area contributed by atoms with Gasteiger partial charge in [-0.1, -0.05) is 18.2 Å². The summed E-state index contributed by atoms with van der Waals surface area (Å²) in [5, 5.41) is 4.27. The van der Waals surface area contributed by atoms with E-state index in [-0.39, 0.29) is 11.8 Å². The Hall–Kier alpha value is -2.97. The number of amides is 1. The van der Waals surface area contributed by atoms with Crippen LogP contribution < -0.4 is 15.6 Å². The molecule has 2 heterocycles. The Morgan fingerprint density at radius 1 is 1.09 bits per heavy atom. The lowest BCUT2D eigenvalue weighted by molar-refractivity contribution is -0.566. The molecule has 118 valence electrons. The fraction of sp³-hybridized carbons (Fsp3) is 0.143. The van der Waals surface area contributed by atoms with Crippen molar-refractivity contribution in [2.75, 3.05) is 5.32 Å². The highest BCUT2D eigenvalue weighted by Gasteiger charge is 2.69. The number of carbonyl (C=O) groups is 1. The van der Waals surface area contributed by atoms with Crippen LogP contribution in [0.4, 0.5) is 19.1 Å². The van der Waals surface area contributed by atoms with Gasteiger partial charge in [-0.15, -0.1) is 0 Å². The van der Waals surface area contributed by atoms with Gasteiger partial charge >= 0.3 is 17.7 Å². The van der Waals surface area contributed by atoms with Crippen LogP contribution in [0.25, 0.3) is 0 Å². The summed E-state index contributed by atoms with van der Waals surface area (Å²) in [7, 11) is 0. The van der Waals surface area contributed by atoms with Crippen molar-refractivity contribution in [3.63, 3.8) is 0 Å². The van der Waals surface area contributed by atoms with Crippen molar-refractivity contribution in [2.24, 2.45) is 0 Å². The first-order valence-electron chi connectivity index (χ1n) is 6.56. The second-order valence-electron chi connectivity index (χ2n) is 4.77. The zero-order valence-corrected chi connectivity index (χ0v) is 11.6. The molecule has 0 bridgehead atoms. The van der Waals surface area contributed by atoms with E-state index in [1.54, 1.807) is 30.3 Å². The number of rotatable bonds is 3. The van der Waals surface area contributed by atoms with Crippen molar-refractivity contribution in [3.8, 4) is 0 Å². The molecular formula is C14H11F3N5O+. The molecule has 9 heteroatoms. The van der Waals surface area contributed by atoms with Gasteiger partial charge in [-0.3, -0.25) is 5.32 Å². The minimum atomic E-state index is -4.92. The van der Waals surface area contributed by atoms with Crippen LogP contribution in [0.2, 0.25) is 0 Å². The minimum Gasteiger partial charge on any atom is -0.296 e. The molecule has 0 radical (unpaired) electrons. The first-order valence-corrected chi connectivity index (χ1v) is 6.56. The maximum atomic E-state index is 13.6. The van der Waals surface area contributed by atoms with Crippen molar-refractivity contribution in [2.45, 2.75) is 11.8 Å². The lowest BCUT2D eigenvalue weighted by atomic mass is 10.1. The van der Waals surface area contributed by atoms with E-state index in [0.717, 1.165) is 0 Å². The number of alkyl halides is 3. The second kappa shape index (κ2) is 5.34. The zero-order valence-electron chi connectivity index (χ0n) is 11.6. The van der Waals surface area contributed by atoms with Crippen LogP contribution >= 0.6 is 0 Å². The molecule has 1 aromatic heterocycles. The number of carbonyl (C=O) groups excluding carboxylic acids is 1. The molecular weight excluding hydrogens is 311 g/mol. The third-order valence-corrected chi connectivity index (χ3v) is 3.24. The predicted molar refractivity (Wildman–Crippen MR) is 74.1 cm³/mol. The number of nitrogens with one attached hydrogen (secondary N) is 3. The Kier molecular flexibility index (Phi) is 3.47. The molecule has 3 N–H and O–H groups in total. The quantitative estimate of drug-likeness (QED) is 0.731. The van der Waals surface area contributed by atoms with Crippen LogP contribution in [-0.2, 0) is 4.79 Å². The molecule has 0 fully saturated rings. The zero-order chi connectivity index (χ0) is 16.5. The van der Waals surface area contributed by atoms with Gasteiger partial charge in [-0.05, 0) is 18.2 Å². The van der Waals surface area contributed by atoms with Crippen LogP contribution in [0.15, 0.2) is 48.8 Å². The molecule has 0 saturated heterocycles. The van der Waals surface area contributed by atoms with Crippen molar-refractivity contribution >= 4 is 17.7 Å². The molecule has 0 unspecified atom stereocenters. The lowest BCUT2D eigenvalue weighted by Gasteiger charge is -2.23. The summed E-state index contributed by atoms with van der Waals surface area (Å²) < 4.78 is 40.8. The number of halogens is 3. The highest BCUT2D eigenvalue weighted by molar-refractivity contribution is 6.11. The number of anilines is 1.